The summed E-state index contributed by atoms with van der Waals surface area (Å²) < 4.78 is 49.5. The Morgan fingerprint density at radius 1 is 1.53 bits per heavy atom. The molecule has 0 aliphatic heterocycles. The fraction of sp³-hybridized carbons (Fsp3) is 0.111. The molecule has 4 nitrogen and oxygen atoms in total. The molecule has 92 valence electrons. The van der Waals surface area contributed by atoms with Crippen molar-refractivity contribution in [2.45, 2.75) is 6.30 Å². The van der Waals surface area contributed by atoms with E-state index in [0.29, 0.717) is 6.07 Å². The maximum Gasteiger partial charge on any atom is 0.512 e. The van der Waals surface area contributed by atoms with Crippen LogP contribution in [-0.4, -0.2) is 17.2 Å². The number of nitrogens with two attached hydrogens (primary N) is 1. The molecule has 0 aliphatic carbocycles. The van der Waals surface area contributed by atoms with E-state index in [-0.39, 0.29) is 5.56 Å². The highest BCUT2D eigenvalue weighted by atomic mass is 19.4. The van der Waals surface area contributed by atoms with Gasteiger partial charge in [0.1, 0.15) is 5.69 Å². The maximum absolute atomic E-state index is 13.0. The number of anilines is 1. The predicted molar refractivity (Wildman–Crippen MR) is 52.5 cm³/mol. The number of hydrogen-bond donors (Lipinski definition) is 1. The third kappa shape index (κ3) is 2.71. The molecule has 0 bridgehead atoms. The molecule has 17 heavy (non-hydrogen) atoms. The van der Waals surface area contributed by atoms with Gasteiger partial charge in [-0.15, -0.1) is 18.3 Å². The van der Waals surface area contributed by atoms with Crippen molar-refractivity contribution in [1.82, 2.24) is 4.98 Å². The fourth-order valence-corrected chi connectivity index (χ4v) is 1.05. The van der Waals surface area contributed by atoms with E-state index in [1.807, 2.05) is 0 Å². The lowest BCUT2D eigenvalue weighted by Crippen LogP contribution is -2.31. The van der Waals surface area contributed by atoms with Crippen molar-refractivity contribution < 1.29 is 22.4 Å². The van der Waals surface area contributed by atoms with Crippen LogP contribution in [0, 0.1) is 0 Å². The second-order valence-corrected chi connectivity index (χ2v) is 2.95. The second kappa shape index (κ2) is 4.40. The lowest BCUT2D eigenvalue weighted by molar-refractivity contribution is -0.157. The summed E-state index contributed by atoms with van der Waals surface area (Å²) in [5.74, 6) is -1.06. The van der Waals surface area contributed by atoms with Gasteiger partial charge in [0.15, 0.2) is 0 Å². The molecule has 1 aromatic heterocycles. The largest absolute Gasteiger partial charge is 0.512 e. The molecule has 0 saturated heterocycles. The van der Waals surface area contributed by atoms with Gasteiger partial charge in [0.25, 0.3) is 5.91 Å². The SMILES string of the molecule is C=Cc1cnc(C(N)=O)cc1N(F)C(F)(F)F. The zero-order valence-electron chi connectivity index (χ0n) is 8.33. The molecule has 0 aliphatic rings. The molecule has 0 radical (unpaired) electrons. The summed E-state index contributed by atoms with van der Waals surface area (Å²) in [7, 11) is 0. The van der Waals surface area contributed by atoms with Gasteiger partial charge in [-0.3, -0.25) is 9.78 Å². The van der Waals surface area contributed by atoms with Gasteiger partial charge in [-0.05, 0) is 6.07 Å². The van der Waals surface area contributed by atoms with Crippen molar-refractivity contribution in [3.63, 3.8) is 0 Å². The van der Waals surface area contributed by atoms with Gasteiger partial charge in [-0.1, -0.05) is 17.1 Å². The van der Waals surface area contributed by atoms with E-state index >= 15 is 0 Å². The van der Waals surface area contributed by atoms with Crippen molar-refractivity contribution in [1.29, 1.82) is 0 Å². The zero-order valence-corrected chi connectivity index (χ0v) is 8.33. The Morgan fingerprint density at radius 2 is 2.12 bits per heavy atom. The van der Waals surface area contributed by atoms with Gasteiger partial charge < -0.3 is 5.73 Å². The van der Waals surface area contributed by atoms with Crippen LogP contribution in [0.15, 0.2) is 18.8 Å². The van der Waals surface area contributed by atoms with E-state index in [9.17, 15) is 22.4 Å². The molecular formula is C9H7F4N3O. The third-order valence-electron chi connectivity index (χ3n) is 1.82. The van der Waals surface area contributed by atoms with Gasteiger partial charge in [-0.25, -0.2) is 0 Å². The number of rotatable bonds is 3. The number of pyridine rings is 1. The average molecular weight is 249 g/mol. The lowest BCUT2D eigenvalue weighted by atomic mass is 10.2. The smallest absolute Gasteiger partial charge is 0.364 e. The Morgan fingerprint density at radius 3 is 2.53 bits per heavy atom. The van der Waals surface area contributed by atoms with E-state index in [1.165, 1.54) is 0 Å². The molecule has 0 fully saturated rings. The van der Waals surface area contributed by atoms with E-state index < -0.39 is 28.7 Å². The van der Waals surface area contributed by atoms with Gasteiger partial charge in [0.2, 0.25) is 0 Å². The van der Waals surface area contributed by atoms with E-state index in [4.69, 9.17) is 5.73 Å². The van der Waals surface area contributed by atoms with Crippen molar-refractivity contribution in [3.8, 4) is 0 Å². The van der Waals surface area contributed by atoms with E-state index in [0.717, 1.165) is 12.3 Å². The molecule has 0 unspecified atom stereocenters. The first kappa shape index (κ1) is 12.9. The number of carbonyl (C=O) groups is 1. The summed E-state index contributed by atoms with van der Waals surface area (Å²) in [6, 6.07) is 0.604. The Hall–Kier alpha value is -2.12. The molecule has 0 saturated carbocycles. The summed E-state index contributed by atoms with van der Waals surface area (Å²) in [5, 5.41) is -1.43. The maximum atomic E-state index is 13.0. The van der Waals surface area contributed by atoms with Crippen molar-refractivity contribution >= 4 is 17.7 Å². The van der Waals surface area contributed by atoms with Gasteiger partial charge in [0, 0.05) is 11.8 Å². The first-order chi connectivity index (χ1) is 7.77. The van der Waals surface area contributed by atoms with Crippen LogP contribution in [0.5, 0.6) is 0 Å². The molecule has 0 spiro atoms. The number of carbonyl (C=O) groups excluding carboxylic acids is 1. The van der Waals surface area contributed by atoms with Crippen LogP contribution < -0.4 is 10.9 Å². The van der Waals surface area contributed by atoms with Gasteiger partial charge >= 0.3 is 6.30 Å². The second-order valence-electron chi connectivity index (χ2n) is 2.95. The van der Waals surface area contributed by atoms with Crippen molar-refractivity contribution in [2.24, 2.45) is 5.73 Å². The highest BCUT2D eigenvalue weighted by Gasteiger charge is 2.40. The quantitative estimate of drug-likeness (QED) is 0.506. The number of halogens is 4. The third-order valence-corrected chi connectivity index (χ3v) is 1.82. The molecule has 1 rings (SSSR count). The van der Waals surface area contributed by atoms with Crippen LogP contribution in [0.1, 0.15) is 16.1 Å². The molecule has 1 aromatic rings. The predicted octanol–water partition coefficient (Wildman–Crippen LogP) is 2.03. The lowest BCUT2D eigenvalue weighted by Gasteiger charge is -2.18. The van der Waals surface area contributed by atoms with Gasteiger partial charge in [-0.2, -0.15) is 0 Å². The molecule has 0 atom stereocenters. The highest BCUT2D eigenvalue weighted by molar-refractivity contribution is 5.92. The summed E-state index contributed by atoms with van der Waals surface area (Å²) in [4.78, 5) is 14.2. The normalized spacial score (nSPS) is 11.1. The first-order valence-electron chi connectivity index (χ1n) is 4.22. The highest BCUT2D eigenvalue weighted by Crippen LogP contribution is 2.32. The molecule has 1 heterocycles. The summed E-state index contributed by atoms with van der Waals surface area (Å²) in [6.45, 7) is 3.21. The number of aromatic nitrogens is 1. The minimum absolute atomic E-state index is 0.213. The first-order valence-corrected chi connectivity index (χ1v) is 4.22. The number of amides is 1. The van der Waals surface area contributed by atoms with Crippen LogP contribution in [0.3, 0.4) is 0 Å². The Labute approximate surface area is 93.3 Å². The van der Waals surface area contributed by atoms with Crippen LogP contribution in [0.4, 0.5) is 23.3 Å². The summed E-state index contributed by atoms with van der Waals surface area (Å²) >= 11 is 0. The minimum Gasteiger partial charge on any atom is -0.364 e. The van der Waals surface area contributed by atoms with Crippen LogP contribution in [-0.2, 0) is 0 Å². The fourth-order valence-electron chi connectivity index (χ4n) is 1.05. The molecule has 1 amide bonds. The van der Waals surface area contributed by atoms with Crippen molar-refractivity contribution in [2.75, 3.05) is 5.12 Å². The number of nitrogens with zero attached hydrogens (tertiary/aromatic N) is 2. The molecular weight excluding hydrogens is 242 g/mol. The minimum atomic E-state index is -5.23. The monoisotopic (exact) mass is 249 g/mol. The van der Waals surface area contributed by atoms with Crippen LogP contribution >= 0.6 is 0 Å². The molecule has 8 heteroatoms. The van der Waals surface area contributed by atoms with Crippen LogP contribution in [0.2, 0.25) is 0 Å². The van der Waals surface area contributed by atoms with Crippen LogP contribution in [0.25, 0.3) is 6.08 Å². The van der Waals surface area contributed by atoms with E-state index in [1.54, 1.807) is 0 Å². The Balaban J connectivity index is 3.33. The number of alkyl halides is 3. The van der Waals surface area contributed by atoms with Gasteiger partial charge in [0.05, 0.1) is 5.69 Å². The Kier molecular flexibility index (Phi) is 3.35. The topological polar surface area (TPSA) is 59.2 Å². The van der Waals surface area contributed by atoms with Crippen molar-refractivity contribution in [3.05, 3.63) is 30.1 Å². The van der Waals surface area contributed by atoms with E-state index in [2.05, 4.69) is 11.6 Å². The zero-order chi connectivity index (χ0) is 13.2. The number of hydrogen-bond acceptors (Lipinski definition) is 3. The molecule has 2 N–H and O–H groups in total. The standard InChI is InChI=1S/C9H7F4N3O/c1-2-5-4-15-6(8(14)17)3-7(5)16(13)9(10,11)12/h2-4H,1H2,(H2,14,17). The molecule has 0 aromatic carbocycles. The summed E-state index contributed by atoms with van der Waals surface area (Å²) in [6.07, 6.45) is -3.37. The average Bonchev–Trinajstić information content (AvgIpc) is 2.25. The summed E-state index contributed by atoms with van der Waals surface area (Å²) in [5.41, 5.74) is 3.25. The number of primary amides is 1. The Bertz CT molecular complexity index is 458.